The van der Waals surface area contributed by atoms with Gasteiger partial charge in [0.15, 0.2) is 0 Å². The van der Waals surface area contributed by atoms with Gasteiger partial charge in [0.2, 0.25) is 0 Å². The first-order valence-corrected chi connectivity index (χ1v) is 12.0. The minimum Gasteiger partial charge on any atom is -0.487 e. The first-order chi connectivity index (χ1) is 15.8. The molecule has 6 nitrogen and oxygen atoms in total. The molecular weight excluding hydrogens is 574 g/mol. The first kappa shape index (κ1) is 23.3. The monoisotopic (exact) mass is 587 g/mol. The number of rotatable bonds is 6. The van der Waals surface area contributed by atoms with Gasteiger partial charge in [0.05, 0.1) is 25.1 Å². The molecule has 1 heterocycles. The van der Waals surface area contributed by atoms with Crippen LogP contribution in [0.3, 0.4) is 0 Å². The molecule has 3 aromatic carbocycles. The Morgan fingerprint density at radius 2 is 1.64 bits per heavy atom. The minimum absolute atomic E-state index is 0.210. The van der Waals surface area contributed by atoms with Gasteiger partial charge in [-0.25, -0.2) is 9.69 Å². The van der Waals surface area contributed by atoms with Gasteiger partial charge in [0.1, 0.15) is 12.4 Å². The van der Waals surface area contributed by atoms with E-state index < -0.39 is 5.97 Å². The topological polar surface area (TPSA) is 83.9 Å². The molecule has 0 saturated carbocycles. The Hall–Kier alpha value is -2.88. The highest BCUT2D eigenvalue weighted by Crippen LogP contribution is 2.39. The van der Waals surface area contributed by atoms with E-state index in [0.717, 1.165) is 22.2 Å². The lowest BCUT2D eigenvalue weighted by Crippen LogP contribution is -2.27. The van der Waals surface area contributed by atoms with Crippen LogP contribution in [-0.4, -0.2) is 22.2 Å². The molecule has 1 aliphatic rings. The number of carbonyl (C=O) groups is 3. The van der Waals surface area contributed by atoms with Crippen molar-refractivity contribution < 1.29 is 24.2 Å². The van der Waals surface area contributed by atoms with Crippen LogP contribution in [0.4, 0.5) is 10.5 Å². The number of ether oxygens (including phenoxy) is 1. The number of halogens is 2. The molecule has 0 atom stereocenters. The zero-order chi connectivity index (χ0) is 23.5. The quantitative estimate of drug-likeness (QED) is 0.321. The molecule has 0 spiro atoms. The molecule has 1 N–H and O–H groups in total. The highest BCUT2D eigenvalue weighted by Gasteiger charge is 2.36. The summed E-state index contributed by atoms with van der Waals surface area (Å²) in [5, 5.41) is 8.65. The SMILES string of the molecule is O=C(O)c1ccc(COc2c(Br)cc(/C=C3\SC(=O)N(c4ccccc4)C3=O)cc2Br)cc1. The molecule has 1 fully saturated rings. The van der Waals surface area contributed by atoms with Crippen molar-refractivity contribution in [2.45, 2.75) is 6.61 Å². The van der Waals surface area contributed by atoms with Gasteiger partial charge in [-0.15, -0.1) is 0 Å². The van der Waals surface area contributed by atoms with Gasteiger partial charge < -0.3 is 9.84 Å². The zero-order valence-corrected chi connectivity index (χ0v) is 20.8. The van der Waals surface area contributed by atoms with Crippen LogP contribution in [0, 0.1) is 0 Å². The van der Waals surface area contributed by atoms with Gasteiger partial charge in [0, 0.05) is 0 Å². The Bertz CT molecular complexity index is 1250. The van der Waals surface area contributed by atoms with E-state index in [1.807, 2.05) is 6.07 Å². The summed E-state index contributed by atoms with van der Waals surface area (Å²) in [7, 11) is 0. The fraction of sp³-hybridized carbons (Fsp3) is 0.0417. The van der Waals surface area contributed by atoms with Gasteiger partial charge >= 0.3 is 5.97 Å². The number of amides is 2. The van der Waals surface area contributed by atoms with E-state index in [1.54, 1.807) is 54.6 Å². The lowest BCUT2D eigenvalue weighted by atomic mass is 10.1. The van der Waals surface area contributed by atoms with E-state index in [9.17, 15) is 14.4 Å². The number of carbonyl (C=O) groups excluding carboxylic acids is 2. The van der Waals surface area contributed by atoms with E-state index in [0.29, 0.717) is 30.9 Å². The van der Waals surface area contributed by atoms with Gasteiger partial charge in [-0.05, 0) is 97.2 Å². The van der Waals surface area contributed by atoms with Crippen molar-refractivity contribution in [1.29, 1.82) is 0 Å². The molecule has 0 aromatic heterocycles. The Kier molecular flexibility index (Phi) is 7.02. The average Bonchev–Trinajstić information content (AvgIpc) is 3.06. The third-order valence-electron chi connectivity index (χ3n) is 4.71. The number of para-hydroxylation sites is 1. The summed E-state index contributed by atoms with van der Waals surface area (Å²) >= 11 is 7.89. The Morgan fingerprint density at radius 1 is 1.00 bits per heavy atom. The van der Waals surface area contributed by atoms with Crippen LogP contribution in [0.25, 0.3) is 6.08 Å². The van der Waals surface area contributed by atoms with Crippen molar-refractivity contribution in [2.75, 3.05) is 4.90 Å². The standard InChI is InChI=1S/C24H15Br2NO5S/c25-18-10-15(12-20-22(28)27(24(31)33-20)17-4-2-1-3-5-17)11-19(26)21(18)32-13-14-6-8-16(9-7-14)23(29)30/h1-12H,13H2,(H,29,30)/b20-12-. The molecule has 2 amide bonds. The molecule has 3 aromatic rings. The molecule has 0 unspecified atom stereocenters. The first-order valence-electron chi connectivity index (χ1n) is 9.60. The minimum atomic E-state index is -0.981. The largest absolute Gasteiger partial charge is 0.487 e. The predicted molar refractivity (Wildman–Crippen MR) is 134 cm³/mol. The highest BCUT2D eigenvalue weighted by atomic mass is 79.9. The number of carboxylic acid groups (broad SMARTS) is 1. The lowest BCUT2D eigenvalue weighted by Gasteiger charge is -2.12. The molecule has 166 valence electrons. The molecule has 1 aliphatic heterocycles. The summed E-state index contributed by atoms with van der Waals surface area (Å²) in [6, 6.07) is 18.8. The van der Waals surface area contributed by atoms with E-state index in [1.165, 1.54) is 12.1 Å². The third-order valence-corrected chi connectivity index (χ3v) is 6.76. The van der Waals surface area contributed by atoms with Crippen LogP contribution in [0.2, 0.25) is 0 Å². The highest BCUT2D eigenvalue weighted by molar-refractivity contribution is 9.11. The Morgan fingerprint density at radius 3 is 2.24 bits per heavy atom. The maximum atomic E-state index is 12.8. The number of carboxylic acids is 1. The summed E-state index contributed by atoms with van der Waals surface area (Å²) < 4.78 is 7.22. The smallest absolute Gasteiger partial charge is 0.335 e. The van der Waals surface area contributed by atoms with Crippen LogP contribution in [0.5, 0.6) is 5.75 Å². The fourth-order valence-corrected chi connectivity index (χ4v) is 5.41. The Balaban J connectivity index is 1.51. The fourth-order valence-electron chi connectivity index (χ4n) is 3.12. The normalized spacial score (nSPS) is 14.7. The van der Waals surface area contributed by atoms with Crippen molar-refractivity contribution in [1.82, 2.24) is 0 Å². The van der Waals surface area contributed by atoms with Gasteiger partial charge in [-0.2, -0.15) is 0 Å². The van der Waals surface area contributed by atoms with Crippen LogP contribution in [0.15, 0.2) is 80.6 Å². The van der Waals surface area contributed by atoms with Crippen molar-refractivity contribution in [3.63, 3.8) is 0 Å². The van der Waals surface area contributed by atoms with Crippen LogP contribution in [-0.2, 0) is 11.4 Å². The van der Waals surface area contributed by atoms with Gasteiger partial charge in [-0.3, -0.25) is 9.59 Å². The van der Waals surface area contributed by atoms with E-state index >= 15 is 0 Å². The molecule has 0 aliphatic carbocycles. The maximum absolute atomic E-state index is 12.8. The number of aromatic carboxylic acids is 1. The van der Waals surface area contributed by atoms with Crippen LogP contribution < -0.4 is 9.64 Å². The van der Waals surface area contributed by atoms with Crippen LogP contribution >= 0.6 is 43.6 Å². The molecule has 0 bridgehead atoms. The molecule has 33 heavy (non-hydrogen) atoms. The summed E-state index contributed by atoms with van der Waals surface area (Å²) in [4.78, 5) is 37.7. The molecular formula is C24H15Br2NO5S. The zero-order valence-electron chi connectivity index (χ0n) is 16.8. The predicted octanol–water partition coefficient (Wildman–Crippen LogP) is 6.73. The summed E-state index contributed by atoms with van der Waals surface area (Å²) in [5.41, 5.74) is 2.27. The maximum Gasteiger partial charge on any atom is 0.335 e. The molecule has 9 heteroatoms. The second kappa shape index (κ2) is 9.94. The average molecular weight is 589 g/mol. The van der Waals surface area contributed by atoms with Crippen molar-refractivity contribution >= 4 is 72.5 Å². The second-order valence-corrected chi connectivity index (χ2v) is 9.66. The Labute approximate surface area is 210 Å². The van der Waals surface area contributed by atoms with E-state index in [4.69, 9.17) is 9.84 Å². The molecule has 4 rings (SSSR count). The number of imide groups is 1. The van der Waals surface area contributed by atoms with E-state index in [2.05, 4.69) is 31.9 Å². The van der Waals surface area contributed by atoms with Crippen molar-refractivity contribution in [3.05, 3.63) is 97.3 Å². The summed E-state index contributed by atoms with van der Waals surface area (Å²) in [5.74, 6) is -0.786. The second-order valence-electron chi connectivity index (χ2n) is 6.96. The molecule has 1 saturated heterocycles. The lowest BCUT2D eigenvalue weighted by molar-refractivity contribution is -0.113. The van der Waals surface area contributed by atoms with Gasteiger partial charge in [-0.1, -0.05) is 30.3 Å². The summed E-state index contributed by atoms with van der Waals surface area (Å²) in [6.45, 7) is 0.242. The number of hydrogen-bond donors (Lipinski definition) is 1. The third kappa shape index (κ3) is 5.21. The molecule has 0 radical (unpaired) electrons. The van der Waals surface area contributed by atoms with Gasteiger partial charge in [0.25, 0.3) is 11.1 Å². The number of nitrogens with zero attached hydrogens (tertiary/aromatic N) is 1. The number of thioether (sulfide) groups is 1. The van der Waals surface area contributed by atoms with Crippen molar-refractivity contribution in [2.24, 2.45) is 0 Å². The van der Waals surface area contributed by atoms with Crippen LogP contribution in [0.1, 0.15) is 21.5 Å². The number of hydrogen-bond acceptors (Lipinski definition) is 5. The summed E-state index contributed by atoms with van der Waals surface area (Å²) in [6.07, 6.45) is 1.66. The van der Waals surface area contributed by atoms with E-state index in [-0.39, 0.29) is 23.3 Å². The number of anilines is 1. The number of benzene rings is 3. The van der Waals surface area contributed by atoms with Crippen molar-refractivity contribution in [3.8, 4) is 5.75 Å².